The van der Waals surface area contributed by atoms with Crippen LogP contribution in [-0.4, -0.2) is 48.6 Å². The number of benzene rings is 1. The van der Waals surface area contributed by atoms with Crippen molar-refractivity contribution in [2.45, 2.75) is 32.9 Å². The van der Waals surface area contributed by atoms with Gasteiger partial charge in [0.2, 0.25) is 0 Å². The Morgan fingerprint density at radius 3 is 2.58 bits per heavy atom. The zero-order valence-electron chi connectivity index (χ0n) is 17.1. The molecule has 1 amide bonds. The Labute approximate surface area is 176 Å². The minimum Gasteiger partial charge on any atom is -0.481 e. The number of carbonyl (C=O) groups excluding carboxylic acids is 1. The minimum atomic E-state index is -1.37. The Morgan fingerprint density at radius 2 is 1.97 bits per heavy atom. The van der Waals surface area contributed by atoms with Crippen LogP contribution in [0.3, 0.4) is 0 Å². The van der Waals surface area contributed by atoms with Crippen molar-refractivity contribution in [2.75, 3.05) is 0 Å². The molecular formula is C21H21FN4O5. The van der Waals surface area contributed by atoms with Crippen LogP contribution >= 0.6 is 0 Å². The monoisotopic (exact) mass is 428 g/mol. The second-order valence-corrected chi connectivity index (χ2v) is 7.49. The first-order valence-corrected chi connectivity index (χ1v) is 9.37. The van der Waals surface area contributed by atoms with E-state index >= 15 is 0 Å². The molecule has 3 N–H and O–H groups in total. The standard InChI is InChI=1S/C21H21FN4O5/c1-11-16(20(30)31)15(19(28)29)7-8-21(11,3)23-18(27)17-12(2)26(25-24-17)10-13-5-4-6-14(22)9-13/h4-9,15H,10H2,1-3H3,(H,23,27)(H,28,29)(H,30,31). The van der Waals surface area contributed by atoms with Crippen molar-refractivity contribution < 1.29 is 29.0 Å². The number of aromatic nitrogens is 3. The second kappa shape index (κ2) is 8.13. The third-order valence-electron chi connectivity index (χ3n) is 5.40. The van der Waals surface area contributed by atoms with Crippen molar-refractivity contribution in [1.29, 1.82) is 0 Å². The maximum Gasteiger partial charge on any atom is 0.332 e. The summed E-state index contributed by atoms with van der Waals surface area (Å²) in [6.07, 6.45) is 2.70. The smallest absolute Gasteiger partial charge is 0.332 e. The van der Waals surface area contributed by atoms with E-state index in [1.165, 1.54) is 35.9 Å². The molecule has 0 spiro atoms. The van der Waals surface area contributed by atoms with E-state index in [-0.39, 0.29) is 29.2 Å². The van der Waals surface area contributed by atoms with Crippen molar-refractivity contribution in [3.8, 4) is 0 Å². The highest BCUT2D eigenvalue weighted by Crippen LogP contribution is 2.32. The maximum absolute atomic E-state index is 13.4. The van der Waals surface area contributed by atoms with Gasteiger partial charge in [-0.25, -0.2) is 13.9 Å². The lowest BCUT2D eigenvalue weighted by Gasteiger charge is -2.34. The molecule has 162 valence electrons. The SMILES string of the molecule is CC1=C(C(=O)O)C(C(=O)O)C=CC1(C)NC(=O)c1nnn(Cc2cccc(F)c2)c1C. The Morgan fingerprint density at radius 1 is 1.26 bits per heavy atom. The highest BCUT2D eigenvalue weighted by molar-refractivity contribution is 5.98. The van der Waals surface area contributed by atoms with Crippen LogP contribution in [0.25, 0.3) is 0 Å². The highest BCUT2D eigenvalue weighted by atomic mass is 19.1. The molecule has 1 aromatic heterocycles. The highest BCUT2D eigenvalue weighted by Gasteiger charge is 2.39. The van der Waals surface area contributed by atoms with Gasteiger partial charge in [-0.3, -0.25) is 9.59 Å². The van der Waals surface area contributed by atoms with Gasteiger partial charge in [-0.1, -0.05) is 29.5 Å². The molecule has 0 fully saturated rings. The summed E-state index contributed by atoms with van der Waals surface area (Å²) in [6.45, 7) is 4.89. The summed E-state index contributed by atoms with van der Waals surface area (Å²) in [7, 11) is 0. The van der Waals surface area contributed by atoms with Gasteiger partial charge in [0.15, 0.2) is 5.69 Å². The van der Waals surface area contributed by atoms with E-state index in [0.717, 1.165) is 0 Å². The van der Waals surface area contributed by atoms with Crippen LogP contribution in [0.1, 0.15) is 35.6 Å². The Bertz CT molecular complexity index is 1140. The van der Waals surface area contributed by atoms with E-state index in [1.807, 2.05) is 0 Å². The molecule has 1 aromatic carbocycles. The first-order valence-electron chi connectivity index (χ1n) is 9.37. The molecule has 1 aliphatic carbocycles. The molecule has 10 heteroatoms. The summed E-state index contributed by atoms with van der Waals surface area (Å²) >= 11 is 0. The first kappa shape index (κ1) is 21.9. The number of halogens is 1. The Kier molecular flexibility index (Phi) is 5.74. The van der Waals surface area contributed by atoms with Gasteiger partial charge in [0.05, 0.1) is 23.4 Å². The molecule has 0 saturated carbocycles. The van der Waals surface area contributed by atoms with E-state index < -0.39 is 29.3 Å². The van der Waals surface area contributed by atoms with Crippen molar-refractivity contribution in [3.05, 3.63) is 70.3 Å². The van der Waals surface area contributed by atoms with Crippen LogP contribution in [0.15, 0.2) is 47.6 Å². The van der Waals surface area contributed by atoms with Crippen molar-refractivity contribution in [3.63, 3.8) is 0 Å². The van der Waals surface area contributed by atoms with E-state index in [2.05, 4.69) is 15.6 Å². The molecule has 2 unspecified atom stereocenters. The van der Waals surface area contributed by atoms with Gasteiger partial charge in [0.25, 0.3) is 5.91 Å². The minimum absolute atomic E-state index is 0.0241. The van der Waals surface area contributed by atoms with Crippen LogP contribution in [0, 0.1) is 18.7 Å². The summed E-state index contributed by atoms with van der Waals surface area (Å²) in [5.74, 6) is -4.96. The lowest BCUT2D eigenvalue weighted by molar-refractivity contribution is -0.142. The lowest BCUT2D eigenvalue weighted by Crippen LogP contribution is -2.48. The summed E-state index contributed by atoms with van der Waals surface area (Å²) in [6, 6.07) is 5.97. The predicted octanol–water partition coefficient (Wildman–Crippen LogP) is 1.93. The van der Waals surface area contributed by atoms with E-state index in [9.17, 15) is 29.0 Å². The van der Waals surface area contributed by atoms with Gasteiger partial charge in [-0.2, -0.15) is 0 Å². The third kappa shape index (κ3) is 4.23. The van der Waals surface area contributed by atoms with Gasteiger partial charge in [-0.05, 0) is 44.0 Å². The number of nitrogens with zero attached hydrogens (tertiary/aromatic N) is 3. The van der Waals surface area contributed by atoms with Crippen LogP contribution in [0.2, 0.25) is 0 Å². The number of carboxylic acid groups (broad SMARTS) is 2. The molecule has 0 bridgehead atoms. The van der Waals surface area contributed by atoms with Crippen LogP contribution in [-0.2, 0) is 16.1 Å². The fraction of sp³-hybridized carbons (Fsp3) is 0.286. The summed E-state index contributed by atoms with van der Waals surface area (Å²) < 4.78 is 14.9. The van der Waals surface area contributed by atoms with Crippen LogP contribution in [0.4, 0.5) is 4.39 Å². The second-order valence-electron chi connectivity index (χ2n) is 7.49. The van der Waals surface area contributed by atoms with Crippen molar-refractivity contribution >= 4 is 17.8 Å². The van der Waals surface area contributed by atoms with Gasteiger partial charge in [-0.15, -0.1) is 5.10 Å². The van der Waals surface area contributed by atoms with Crippen molar-refractivity contribution in [2.24, 2.45) is 5.92 Å². The quantitative estimate of drug-likeness (QED) is 0.599. The summed E-state index contributed by atoms with van der Waals surface area (Å²) in [4.78, 5) is 36.0. The molecule has 1 aliphatic rings. The predicted molar refractivity (Wildman–Crippen MR) is 107 cm³/mol. The average Bonchev–Trinajstić information content (AvgIpc) is 3.04. The largest absolute Gasteiger partial charge is 0.481 e. The molecule has 2 atom stereocenters. The fourth-order valence-electron chi connectivity index (χ4n) is 3.48. The number of rotatable bonds is 6. The number of amides is 1. The fourth-order valence-corrected chi connectivity index (χ4v) is 3.48. The first-order chi connectivity index (χ1) is 14.5. The molecule has 1 heterocycles. The number of carboxylic acids is 2. The van der Waals surface area contributed by atoms with Crippen LogP contribution < -0.4 is 5.32 Å². The Hall–Kier alpha value is -3.82. The molecule has 9 nitrogen and oxygen atoms in total. The third-order valence-corrected chi connectivity index (χ3v) is 5.40. The Balaban J connectivity index is 1.86. The van der Waals surface area contributed by atoms with Crippen LogP contribution in [0.5, 0.6) is 0 Å². The molecule has 0 radical (unpaired) electrons. The molecule has 3 rings (SSSR count). The number of nitrogens with one attached hydrogen (secondary N) is 1. The number of carbonyl (C=O) groups is 3. The zero-order chi connectivity index (χ0) is 22.9. The van der Waals surface area contributed by atoms with E-state index in [4.69, 9.17) is 0 Å². The van der Waals surface area contributed by atoms with Gasteiger partial charge < -0.3 is 15.5 Å². The zero-order valence-corrected chi connectivity index (χ0v) is 17.1. The van der Waals surface area contributed by atoms with Gasteiger partial charge in [0.1, 0.15) is 11.7 Å². The topological polar surface area (TPSA) is 134 Å². The normalized spacial score (nSPS) is 20.6. The molecule has 0 saturated heterocycles. The lowest BCUT2D eigenvalue weighted by atomic mass is 9.78. The van der Waals surface area contributed by atoms with Crippen molar-refractivity contribution in [1.82, 2.24) is 20.3 Å². The van der Waals surface area contributed by atoms with Gasteiger partial charge >= 0.3 is 11.9 Å². The number of hydrogen-bond donors (Lipinski definition) is 3. The summed E-state index contributed by atoms with van der Waals surface area (Å²) in [5.41, 5.74) is -0.219. The number of hydrogen-bond acceptors (Lipinski definition) is 5. The number of aliphatic carboxylic acids is 2. The van der Waals surface area contributed by atoms with E-state index in [0.29, 0.717) is 11.3 Å². The molecular weight excluding hydrogens is 407 g/mol. The van der Waals surface area contributed by atoms with Gasteiger partial charge in [0, 0.05) is 0 Å². The molecule has 31 heavy (non-hydrogen) atoms. The van der Waals surface area contributed by atoms with E-state index in [1.54, 1.807) is 26.0 Å². The maximum atomic E-state index is 13.4. The summed E-state index contributed by atoms with van der Waals surface area (Å²) in [5, 5.41) is 29.4. The average molecular weight is 428 g/mol. The molecule has 0 aliphatic heterocycles. The molecule has 2 aromatic rings.